The van der Waals surface area contributed by atoms with Crippen molar-refractivity contribution >= 4 is 15.9 Å². The molecule has 12 heteroatoms. The number of sulfonamides is 1. The van der Waals surface area contributed by atoms with Gasteiger partial charge in [0.1, 0.15) is 0 Å². The van der Waals surface area contributed by atoms with Crippen LogP contribution in [0.3, 0.4) is 0 Å². The lowest BCUT2D eigenvalue weighted by Gasteiger charge is -2.18. The molecule has 8 nitrogen and oxygen atoms in total. The molecule has 2 heterocycles. The van der Waals surface area contributed by atoms with Crippen LogP contribution in [0.4, 0.5) is 13.2 Å². The molecule has 1 fully saturated rings. The number of hydrogen-bond acceptors (Lipinski definition) is 6. The first-order valence-corrected chi connectivity index (χ1v) is 10.5. The fraction of sp³-hybridized carbons (Fsp3) is 0.471. The summed E-state index contributed by atoms with van der Waals surface area (Å²) in [5.41, 5.74) is -1.26. The van der Waals surface area contributed by atoms with Gasteiger partial charge in [-0.1, -0.05) is 0 Å². The predicted octanol–water partition coefficient (Wildman–Crippen LogP) is 2.38. The number of ether oxygens (including phenoxy) is 1. The summed E-state index contributed by atoms with van der Waals surface area (Å²) in [6, 6.07) is 4.36. The second kappa shape index (κ2) is 7.32. The lowest BCUT2D eigenvalue weighted by molar-refractivity contribution is -0.190. The highest BCUT2D eigenvalue weighted by Crippen LogP contribution is 2.59. The Morgan fingerprint density at radius 2 is 2.00 bits per heavy atom. The van der Waals surface area contributed by atoms with Gasteiger partial charge in [-0.15, -0.1) is 5.10 Å². The van der Waals surface area contributed by atoms with Crippen molar-refractivity contribution in [2.75, 3.05) is 12.9 Å². The van der Waals surface area contributed by atoms with Gasteiger partial charge in [-0.2, -0.15) is 13.2 Å². The topological polar surface area (TPSA) is 103 Å². The Morgan fingerprint density at radius 3 is 2.55 bits per heavy atom. The van der Waals surface area contributed by atoms with E-state index in [-0.39, 0.29) is 43.0 Å². The summed E-state index contributed by atoms with van der Waals surface area (Å²) in [6.45, 7) is 1.43. The van der Waals surface area contributed by atoms with Crippen LogP contribution in [0, 0.1) is 12.3 Å². The monoisotopic (exact) mass is 432 g/mol. The summed E-state index contributed by atoms with van der Waals surface area (Å²) in [7, 11) is -3.70. The van der Waals surface area contributed by atoms with E-state index < -0.39 is 27.5 Å². The summed E-state index contributed by atoms with van der Waals surface area (Å²) in [4.78, 5) is 16.2. The second-order valence-corrected chi connectivity index (χ2v) is 8.73. The highest BCUT2D eigenvalue weighted by molar-refractivity contribution is 7.89. The predicted molar refractivity (Wildman–Crippen MR) is 96.2 cm³/mol. The molecule has 0 aliphatic heterocycles. The molecule has 0 saturated heterocycles. The first-order valence-electron chi connectivity index (χ1n) is 8.66. The average Bonchev–Trinajstić information content (AvgIpc) is 3.23. The van der Waals surface area contributed by atoms with Crippen LogP contribution in [0.2, 0.25) is 0 Å². The van der Waals surface area contributed by atoms with Gasteiger partial charge in [-0.05, 0) is 38.3 Å². The molecule has 0 bridgehead atoms. The number of alkyl halides is 3. The Morgan fingerprint density at radius 1 is 1.31 bits per heavy atom. The lowest BCUT2D eigenvalue weighted by Crippen LogP contribution is -2.30. The average molecular weight is 432 g/mol. The van der Waals surface area contributed by atoms with E-state index in [0.717, 1.165) is 6.26 Å². The van der Waals surface area contributed by atoms with Crippen molar-refractivity contribution in [1.82, 2.24) is 19.5 Å². The minimum atomic E-state index is -4.22. The Balaban J connectivity index is 1.64. The number of aryl methyl sites for hydroxylation is 1. The van der Waals surface area contributed by atoms with Crippen molar-refractivity contribution in [2.45, 2.75) is 32.4 Å². The second-order valence-electron chi connectivity index (χ2n) is 6.98. The van der Waals surface area contributed by atoms with Crippen LogP contribution in [0.5, 0.6) is 5.88 Å². The third-order valence-electron chi connectivity index (χ3n) is 4.68. The molecule has 158 valence electrons. The van der Waals surface area contributed by atoms with Gasteiger partial charge < -0.3 is 4.74 Å². The van der Waals surface area contributed by atoms with Crippen LogP contribution in [-0.2, 0) is 10.0 Å². The fourth-order valence-corrected chi connectivity index (χ4v) is 3.27. The van der Waals surface area contributed by atoms with Crippen molar-refractivity contribution in [3.05, 3.63) is 35.7 Å². The summed E-state index contributed by atoms with van der Waals surface area (Å²) in [5.74, 6) is -0.309. The van der Waals surface area contributed by atoms with Gasteiger partial charge in [0, 0.05) is 12.3 Å². The standard InChI is InChI=1S/C17H19F3N4O4S/c1-11-12(15(25)23-29(2,26)27)3-4-13(21-11)24-9-5-14(22-24)28-10-8-16(6-7-16)17(18,19)20/h3-5,9H,6-8,10H2,1-2H3,(H,23,25). The van der Waals surface area contributed by atoms with E-state index in [1.807, 2.05) is 4.72 Å². The van der Waals surface area contributed by atoms with Gasteiger partial charge in [0.05, 0.1) is 29.5 Å². The number of halogens is 3. The maximum Gasteiger partial charge on any atom is 0.394 e. The third-order valence-corrected chi connectivity index (χ3v) is 5.23. The van der Waals surface area contributed by atoms with Crippen molar-refractivity contribution < 1.29 is 31.1 Å². The summed E-state index contributed by atoms with van der Waals surface area (Å²) < 4.78 is 69.7. The largest absolute Gasteiger partial charge is 0.477 e. The van der Waals surface area contributed by atoms with Gasteiger partial charge in [-0.25, -0.2) is 22.8 Å². The molecule has 0 radical (unpaired) electrons. The van der Waals surface area contributed by atoms with Crippen LogP contribution in [0.1, 0.15) is 35.3 Å². The molecule has 0 atom stereocenters. The smallest absolute Gasteiger partial charge is 0.394 e. The number of carbonyl (C=O) groups excluding carboxylic acids is 1. The minimum Gasteiger partial charge on any atom is -0.477 e. The molecule has 0 spiro atoms. The Kier molecular flexibility index (Phi) is 5.32. The van der Waals surface area contributed by atoms with E-state index in [0.29, 0.717) is 5.82 Å². The van der Waals surface area contributed by atoms with Gasteiger partial charge in [0.25, 0.3) is 5.91 Å². The molecule has 29 heavy (non-hydrogen) atoms. The Hall–Kier alpha value is -2.63. The maximum absolute atomic E-state index is 12.9. The quantitative estimate of drug-likeness (QED) is 0.721. The number of nitrogens with one attached hydrogen (secondary N) is 1. The molecule has 3 rings (SSSR count). The first-order chi connectivity index (χ1) is 13.4. The minimum absolute atomic E-state index is 0.0877. The van der Waals surface area contributed by atoms with Gasteiger partial charge >= 0.3 is 6.18 Å². The van der Waals surface area contributed by atoms with Crippen LogP contribution in [-0.4, -0.2) is 48.1 Å². The maximum atomic E-state index is 12.9. The van der Waals surface area contributed by atoms with Crippen LogP contribution in [0.25, 0.3) is 5.82 Å². The van der Waals surface area contributed by atoms with E-state index in [1.54, 1.807) is 0 Å². The summed E-state index contributed by atoms with van der Waals surface area (Å²) in [5, 5.41) is 4.11. The number of pyridine rings is 1. The highest BCUT2D eigenvalue weighted by Gasteiger charge is 2.62. The van der Waals surface area contributed by atoms with E-state index in [1.165, 1.54) is 36.0 Å². The molecule has 2 aromatic heterocycles. The van der Waals surface area contributed by atoms with Crippen molar-refractivity contribution in [3.8, 4) is 11.7 Å². The zero-order valence-electron chi connectivity index (χ0n) is 15.7. The van der Waals surface area contributed by atoms with Crippen LogP contribution >= 0.6 is 0 Å². The van der Waals surface area contributed by atoms with Gasteiger partial charge in [0.2, 0.25) is 15.9 Å². The third kappa shape index (κ3) is 4.86. The molecular formula is C17H19F3N4O4S. The SMILES string of the molecule is Cc1nc(-n2ccc(OCCC3(C(F)(F)F)CC3)n2)ccc1C(=O)NS(C)(=O)=O. The van der Waals surface area contributed by atoms with Gasteiger partial charge in [-0.3, -0.25) is 4.79 Å². The number of nitrogens with zero attached hydrogens (tertiary/aromatic N) is 3. The zero-order valence-corrected chi connectivity index (χ0v) is 16.5. The van der Waals surface area contributed by atoms with Crippen molar-refractivity contribution in [3.63, 3.8) is 0 Å². The van der Waals surface area contributed by atoms with Crippen molar-refractivity contribution in [1.29, 1.82) is 0 Å². The van der Waals surface area contributed by atoms with E-state index >= 15 is 0 Å². The fourth-order valence-electron chi connectivity index (χ4n) is 2.83. The number of rotatable bonds is 7. The van der Waals surface area contributed by atoms with E-state index in [2.05, 4.69) is 10.1 Å². The molecule has 1 aliphatic rings. The summed E-state index contributed by atoms with van der Waals surface area (Å²) in [6.07, 6.45) is -1.71. The number of hydrogen-bond donors (Lipinski definition) is 1. The molecular weight excluding hydrogens is 413 g/mol. The van der Waals surface area contributed by atoms with Crippen LogP contribution < -0.4 is 9.46 Å². The normalized spacial score (nSPS) is 15.8. The number of carbonyl (C=O) groups is 1. The lowest BCUT2D eigenvalue weighted by atomic mass is 10.0. The molecule has 0 unspecified atom stereocenters. The number of aromatic nitrogens is 3. The van der Waals surface area contributed by atoms with E-state index in [4.69, 9.17) is 4.74 Å². The highest BCUT2D eigenvalue weighted by atomic mass is 32.2. The molecule has 1 aliphatic carbocycles. The first kappa shape index (κ1) is 21.1. The molecule has 2 aromatic rings. The number of amides is 1. The molecule has 1 saturated carbocycles. The zero-order chi connectivity index (χ0) is 21.4. The Labute approximate surface area is 165 Å². The molecule has 1 N–H and O–H groups in total. The Bertz CT molecular complexity index is 1030. The van der Waals surface area contributed by atoms with Crippen LogP contribution in [0.15, 0.2) is 24.4 Å². The van der Waals surface area contributed by atoms with Crippen molar-refractivity contribution in [2.24, 2.45) is 5.41 Å². The summed E-state index contributed by atoms with van der Waals surface area (Å²) >= 11 is 0. The molecule has 1 amide bonds. The van der Waals surface area contributed by atoms with Gasteiger partial charge in [0.15, 0.2) is 5.82 Å². The molecule has 0 aromatic carbocycles. The van der Waals surface area contributed by atoms with E-state index in [9.17, 15) is 26.4 Å².